The Bertz CT molecular complexity index is 1240. The lowest BCUT2D eigenvalue weighted by Gasteiger charge is -2.26. The maximum Gasteiger partial charge on any atom is 0.204 e. The summed E-state index contributed by atoms with van der Waals surface area (Å²) in [5.74, 6) is 0.648. The van der Waals surface area contributed by atoms with Crippen LogP contribution in [0.25, 0.3) is 10.9 Å². The normalized spacial score (nSPS) is 13.8. The lowest BCUT2D eigenvalue weighted by Crippen LogP contribution is -2.19. The number of carbonyl (C=O) groups is 2. The molecule has 9 nitrogen and oxygen atoms in total. The number of hydrazine groups is 1. The molecule has 2 atom stereocenters. The Kier molecular flexibility index (Phi) is 10.7. The third-order valence-corrected chi connectivity index (χ3v) is 6.68. The van der Waals surface area contributed by atoms with E-state index in [2.05, 4.69) is 60.4 Å². The monoisotopic (exact) mass is 507 g/mol. The van der Waals surface area contributed by atoms with Gasteiger partial charge in [-0.2, -0.15) is 20.7 Å². The number of nitrogens with one attached hydrogen (secondary N) is 2. The number of nitrogens with zero attached hydrogens (tertiary/aromatic N) is 4. The Morgan fingerprint density at radius 1 is 1.22 bits per heavy atom. The topological polar surface area (TPSA) is 138 Å². The minimum Gasteiger partial charge on any atom is -0.372 e. The highest BCUT2D eigenvalue weighted by atomic mass is 31.1. The van der Waals surface area contributed by atoms with Crippen molar-refractivity contribution in [1.82, 2.24) is 20.5 Å². The summed E-state index contributed by atoms with van der Waals surface area (Å²) in [6, 6.07) is 17.2. The van der Waals surface area contributed by atoms with E-state index < -0.39 is 0 Å². The van der Waals surface area contributed by atoms with Crippen LogP contribution in [0.15, 0.2) is 53.6 Å². The molecule has 2 heterocycles. The molecule has 1 amide bonds. The Hall–Kier alpha value is -3.60. The van der Waals surface area contributed by atoms with Crippen molar-refractivity contribution in [3.05, 3.63) is 65.4 Å². The molecular formula is C26H34N7O2P. The molecule has 0 saturated carbocycles. The number of aromatic nitrogens is 2. The van der Waals surface area contributed by atoms with Crippen molar-refractivity contribution in [1.29, 1.82) is 5.26 Å². The number of nitriles is 1. The Balaban J connectivity index is 0.000000258. The van der Waals surface area contributed by atoms with Crippen molar-refractivity contribution in [2.24, 2.45) is 22.2 Å². The Labute approximate surface area is 213 Å². The van der Waals surface area contributed by atoms with E-state index in [4.69, 9.17) is 10.1 Å². The van der Waals surface area contributed by atoms with E-state index in [1.165, 1.54) is 12.4 Å². The van der Waals surface area contributed by atoms with Gasteiger partial charge in [0.15, 0.2) is 5.78 Å². The van der Waals surface area contributed by atoms with Gasteiger partial charge in [0, 0.05) is 21.0 Å². The zero-order chi connectivity index (χ0) is 26.7. The molecule has 0 aliphatic carbocycles. The van der Waals surface area contributed by atoms with Crippen LogP contribution in [0.1, 0.15) is 62.7 Å². The predicted octanol–water partition coefficient (Wildman–Crippen LogP) is 4.33. The summed E-state index contributed by atoms with van der Waals surface area (Å²) < 4.78 is 1.83. The number of hydrogen-bond donors (Lipinski definition) is 3. The number of hydrogen-bond acceptors (Lipinski definition) is 7. The number of fused-ring (bicyclic) bond motifs is 1. The van der Waals surface area contributed by atoms with E-state index in [1.807, 2.05) is 41.1 Å². The zero-order valence-electron chi connectivity index (χ0n) is 21.4. The maximum absolute atomic E-state index is 11.7. The van der Waals surface area contributed by atoms with Crippen molar-refractivity contribution in [3.63, 3.8) is 0 Å². The van der Waals surface area contributed by atoms with Gasteiger partial charge in [-0.3, -0.25) is 14.3 Å². The second kappa shape index (κ2) is 13.5. The van der Waals surface area contributed by atoms with Gasteiger partial charge >= 0.3 is 0 Å². The molecule has 0 saturated heterocycles. The van der Waals surface area contributed by atoms with Crippen molar-refractivity contribution >= 4 is 37.3 Å². The number of nitrogens with two attached hydrogens (primary N) is 1. The van der Waals surface area contributed by atoms with Gasteiger partial charge in [0.05, 0.1) is 29.1 Å². The van der Waals surface area contributed by atoms with Crippen LogP contribution in [0.3, 0.4) is 0 Å². The quantitative estimate of drug-likeness (QED) is 0.267. The SMILES string of the molecule is CC(=O)c1nn(Cc2ccc(C#N)cc2)c2ccccc12.CC(CC1=NNNP1)C(C)(C)C.NC=O. The van der Waals surface area contributed by atoms with E-state index >= 15 is 0 Å². The number of carbonyl (C=O) groups excluding carboxylic acids is 2. The summed E-state index contributed by atoms with van der Waals surface area (Å²) in [5, 5.41) is 21.3. The first-order chi connectivity index (χ1) is 17.1. The summed E-state index contributed by atoms with van der Waals surface area (Å²) in [7, 11) is 0.661. The van der Waals surface area contributed by atoms with Crippen LogP contribution in [0, 0.1) is 22.7 Å². The minimum atomic E-state index is -0.0372. The van der Waals surface area contributed by atoms with Crippen LogP contribution < -0.4 is 16.5 Å². The molecule has 10 heteroatoms. The van der Waals surface area contributed by atoms with Gasteiger partial charge in [0.25, 0.3) is 0 Å². The average Bonchev–Trinajstić information content (AvgIpc) is 3.48. The van der Waals surface area contributed by atoms with E-state index in [-0.39, 0.29) is 12.2 Å². The average molecular weight is 508 g/mol. The number of primary amides is 1. The highest BCUT2D eigenvalue weighted by Gasteiger charge is 2.22. The van der Waals surface area contributed by atoms with E-state index in [9.17, 15) is 4.79 Å². The second-order valence-corrected chi connectivity index (χ2v) is 10.5. The van der Waals surface area contributed by atoms with Crippen LogP contribution >= 0.6 is 8.73 Å². The summed E-state index contributed by atoms with van der Waals surface area (Å²) >= 11 is 0. The standard InChI is InChI=1S/C17H13N3O.C8H18N3P.CH3NO/c1-12(21)17-15-4-2-3-5-16(15)20(19-17)11-14-8-6-13(10-18)7-9-14;1-6(8(2,3)4)5-7-9-10-11-12-7;2-1-3/h2-9H,11H2,1H3;6,10-12H,5H2,1-4H3;1H,(H2,2,3). The van der Waals surface area contributed by atoms with E-state index in [1.54, 1.807) is 12.1 Å². The van der Waals surface area contributed by atoms with Crippen molar-refractivity contribution in [3.8, 4) is 6.07 Å². The lowest BCUT2D eigenvalue weighted by molar-refractivity contribution is -0.106. The first kappa shape index (κ1) is 28.6. The highest BCUT2D eigenvalue weighted by Crippen LogP contribution is 2.31. The summed E-state index contributed by atoms with van der Waals surface area (Å²) in [5.41, 5.74) is 11.7. The van der Waals surface area contributed by atoms with Gasteiger partial charge in [0.1, 0.15) is 5.69 Å². The molecule has 4 rings (SSSR count). The van der Waals surface area contributed by atoms with Gasteiger partial charge in [-0.05, 0) is 41.5 Å². The number of rotatable bonds is 5. The molecule has 0 bridgehead atoms. The van der Waals surface area contributed by atoms with Crippen LogP contribution in [0.5, 0.6) is 0 Å². The minimum absolute atomic E-state index is 0.0372. The fraction of sp³-hybridized carbons (Fsp3) is 0.346. The van der Waals surface area contributed by atoms with Crippen molar-refractivity contribution < 1.29 is 9.59 Å². The maximum atomic E-state index is 11.7. The molecule has 190 valence electrons. The number of amides is 1. The molecule has 4 N–H and O–H groups in total. The molecule has 0 spiro atoms. The molecule has 0 fully saturated rings. The fourth-order valence-electron chi connectivity index (χ4n) is 3.28. The van der Waals surface area contributed by atoms with Crippen molar-refractivity contribution in [2.45, 2.75) is 47.6 Å². The van der Waals surface area contributed by atoms with Crippen LogP contribution in [-0.4, -0.2) is 27.4 Å². The largest absolute Gasteiger partial charge is 0.372 e. The lowest BCUT2D eigenvalue weighted by atomic mass is 9.80. The molecule has 1 aliphatic heterocycles. The van der Waals surface area contributed by atoms with Gasteiger partial charge in [-0.1, -0.05) is 58.0 Å². The predicted molar refractivity (Wildman–Crippen MR) is 146 cm³/mol. The van der Waals surface area contributed by atoms with Gasteiger partial charge in [-0.15, -0.1) is 0 Å². The van der Waals surface area contributed by atoms with E-state index in [0.29, 0.717) is 37.9 Å². The molecule has 1 aliphatic rings. The Morgan fingerprint density at radius 2 is 1.86 bits per heavy atom. The smallest absolute Gasteiger partial charge is 0.204 e. The first-order valence-corrected chi connectivity index (χ1v) is 12.5. The number of Topliss-reactive ketones (excluding diaryl/α,β-unsaturated/α-hetero) is 1. The number of para-hydroxylation sites is 1. The summed E-state index contributed by atoms with van der Waals surface area (Å²) in [6.07, 6.45) is 1.35. The third kappa shape index (κ3) is 8.26. The van der Waals surface area contributed by atoms with Crippen molar-refractivity contribution in [2.75, 3.05) is 0 Å². The summed E-state index contributed by atoms with van der Waals surface area (Å²) in [6.45, 7) is 11.2. The van der Waals surface area contributed by atoms with E-state index in [0.717, 1.165) is 22.9 Å². The first-order valence-electron chi connectivity index (χ1n) is 11.5. The number of benzene rings is 2. The molecular weight excluding hydrogens is 473 g/mol. The fourth-order valence-corrected chi connectivity index (χ4v) is 4.06. The van der Waals surface area contributed by atoms with Crippen LogP contribution in [0.4, 0.5) is 0 Å². The third-order valence-electron chi connectivity index (χ3n) is 5.84. The van der Waals surface area contributed by atoms with Gasteiger partial charge in [-0.25, -0.2) is 5.53 Å². The zero-order valence-corrected chi connectivity index (χ0v) is 22.4. The molecule has 36 heavy (non-hydrogen) atoms. The van der Waals surface area contributed by atoms with Crippen LogP contribution in [-0.2, 0) is 11.3 Å². The number of ketones is 1. The van der Waals surface area contributed by atoms with Crippen LogP contribution in [0.2, 0.25) is 0 Å². The molecule has 1 aromatic heterocycles. The molecule has 3 aromatic rings. The second-order valence-electron chi connectivity index (χ2n) is 9.42. The summed E-state index contributed by atoms with van der Waals surface area (Å²) in [4.78, 5) is 20.3. The van der Waals surface area contributed by atoms with Gasteiger partial charge in [0.2, 0.25) is 6.41 Å². The number of hydrazone groups is 1. The van der Waals surface area contributed by atoms with Gasteiger partial charge < -0.3 is 5.73 Å². The highest BCUT2D eigenvalue weighted by molar-refractivity contribution is 7.56. The molecule has 2 unspecified atom stereocenters. The Morgan fingerprint density at radius 3 is 2.39 bits per heavy atom. The molecule has 0 radical (unpaired) electrons. The molecule has 2 aromatic carbocycles.